The molecule has 302 valence electrons. The van der Waals surface area contributed by atoms with Crippen molar-refractivity contribution in [3.63, 3.8) is 0 Å². The average molecular weight is 801 g/mol. The van der Waals surface area contributed by atoms with E-state index in [0.29, 0.717) is 34.8 Å². The Labute approximate surface area is 323 Å². The van der Waals surface area contributed by atoms with Crippen LogP contribution in [0, 0.1) is 94.3 Å². The second-order valence-electron chi connectivity index (χ2n) is 19.9. The molecule has 0 aromatic heterocycles. The third-order valence-electron chi connectivity index (χ3n) is 17.3. The van der Waals surface area contributed by atoms with Crippen LogP contribution >= 0.6 is 0 Å². The second-order valence-corrected chi connectivity index (χ2v) is 21.2. The quantitative estimate of drug-likeness (QED) is 0.0789. The predicted octanol–water partition coefficient (Wildman–Crippen LogP) is 7.24. The van der Waals surface area contributed by atoms with Gasteiger partial charge in [0.05, 0.1) is 23.9 Å². The van der Waals surface area contributed by atoms with E-state index in [9.17, 15) is 33.1 Å². The summed E-state index contributed by atoms with van der Waals surface area (Å²) >= 11 is 0. The smallest absolute Gasteiger partial charge is 0.344 e. The lowest BCUT2D eigenvalue weighted by atomic mass is 9.47. The standard InChI is InChI=1S/C43H48F4O8S/c44-34-36(46)42(56(52,53)54)37(47)35(45)41(34)55-43(51)33-25(31-19-2-16-5-23(11-19)39(49)28(31)8-16)13-21(30-18-1-15-4-22(10-18)38(48)27(30)7-15)14-26(33)32-20-3-17-6-24(12-20)40(50)29(32)9-17/h13-20,22-24,27-32,38-40,48-50H,1-12H2,(H,52,53,54). The highest BCUT2D eigenvalue weighted by Crippen LogP contribution is 2.65. The summed E-state index contributed by atoms with van der Waals surface area (Å²) in [5, 5.41) is 35.1. The van der Waals surface area contributed by atoms with Gasteiger partial charge in [-0.25, -0.2) is 13.6 Å². The van der Waals surface area contributed by atoms with E-state index >= 15 is 17.6 Å². The molecule has 2 aromatic carbocycles. The van der Waals surface area contributed by atoms with Crippen LogP contribution in [0.1, 0.15) is 122 Å². The molecule has 12 aliphatic rings. The number of aliphatic hydroxyl groups excluding tert-OH is 3. The summed E-state index contributed by atoms with van der Waals surface area (Å²) in [4.78, 5) is 12.7. The Balaban J connectivity index is 1.12. The third kappa shape index (κ3) is 5.14. The van der Waals surface area contributed by atoms with Gasteiger partial charge in [-0.1, -0.05) is 12.1 Å². The number of esters is 1. The molecule has 12 fully saturated rings. The van der Waals surface area contributed by atoms with Crippen molar-refractivity contribution in [2.75, 3.05) is 0 Å². The normalized spacial score (nSPS) is 45.2. The summed E-state index contributed by atoms with van der Waals surface area (Å²) in [7, 11) is -5.74. The van der Waals surface area contributed by atoms with Gasteiger partial charge in [0, 0.05) is 0 Å². The number of carbonyl (C=O) groups is 1. The highest BCUT2D eigenvalue weighted by molar-refractivity contribution is 7.85. The van der Waals surface area contributed by atoms with Crippen molar-refractivity contribution in [2.45, 2.75) is 118 Å². The van der Waals surface area contributed by atoms with Crippen molar-refractivity contribution in [2.24, 2.45) is 71.0 Å². The average Bonchev–Trinajstić information content (AvgIpc) is 3.14. The molecule has 18 unspecified atom stereocenters. The number of halogens is 4. The number of hydrogen-bond donors (Lipinski definition) is 4. The van der Waals surface area contributed by atoms with Crippen LogP contribution in [0.5, 0.6) is 5.75 Å². The van der Waals surface area contributed by atoms with Gasteiger partial charge in [-0.15, -0.1) is 0 Å². The van der Waals surface area contributed by atoms with E-state index < -0.39 is 68.3 Å². The van der Waals surface area contributed by atoms with Crippen molar-refractivity contribution in [1.29, 1.82) is 0 Å². The summed E-state index contributed by atoms with van der Waals surface area (Å²) in [5.74, 6) is -11.0. The van der Waals surface area contributed by atoms with Crippen LogP contribution in [-0.4, -0.2) is 52.6 Å². The molecule has 13 heteroatoms. The molecule has 12 aliphatic carbocycles. The van der Waals surface area contributed by atoms with Gasteiger partial charge in [-0.3, -0.25) is 4.55 Å². The molecule has 8 nitrogen and oxygen atoms in total. The highest BCUT2D eigenvalue weighted by Gasteiger charge is 2.58. The zero-order chi connectivity index (χ0) is 38.8. The minimum atomic E-state index is -5.74. The third-order valence-corrected chi connectivity index (χ3v) is 18.2. The summed E-state index contributed by atoms with van der Waals surface area (Å²) in [6.07, 6.45) is 8.81. The van der Waals surface area contributed by atoms with Gasteiger partial charge in [-0.2, -0.15) is 17.2 Å². The topological polar surface area (TPSA) is 141 Å². The maximum Gasteiger partial charge on any atom is 0.344 e. The summed E-state index contributed by atoms with van der Waals surface area (Å²) in [5.41, 5.74) is 2.18. The summed E-state index contributed by atoms with van der Waals surface area (Å²) < 4.78 is 99.6. The summed E-state index contributed by atoms with van der Waals surface area (Å²) in [6.45, 7) is 0. The Morgan fingerprint density at radius 3 is 1.34 bits per heavy atom. The fraction of sp³-hybridized carbons (Fsp3) is 0.698. The molecule has 2 aromatic rings. The molecule has 0 saturated heterocycles. The molecule has 0 spiro atoms. The lowest BCUT2D eigenvalue weighted by Gasteiger charge is -2.59. The first-order chi connectivity index (χ1) is 26.7. The Morgan fingerprint density at radius 1 is 0.554 bits per heavy atom. The van der Waals surface area contributed by atoms with E-state index in [4.69, 9.17) is 4.74 Å². The van der Waals surface area contributed by atoms with Crippen LogP contribution in [0.2, 0.25) is 0 Å². The lowest BCUT2D eigenvalue weighted by molar-refractivity contribution is -0.109. The zero-order valence-corrected chi connectivity index (χ0v) is 31.7. The monoisotopic (exact) mass is 800 g/mol. The molecule has 14 rings (SSSR count). The van der Waals surface area contributed by atoms with Gasteiger partial charge in [-0.05, 0) is 183 Å². The van der Waals surface area contributed by atoms with Crippen LogP contribution < -0.4 is 4.74 Å². The van der Waals surface area contributed by atoms with Crippen LogP contribution in [0.25, 0.3) is 0 Å². The van der Waals surface area contributed by atoms with Gasteiger partial charge in [0.1, 0.15) is 0 Å². The van der Waals surface area contributed by atoms with E-state index in [-0.39, 0.29) is 70.7 Å². The molecular formula is C43H48F4O8S. The van der Waals surface area contributed by atoms with Crippen molar-refractivity contribution >= 4 is 16.1 Å². The van der Waals surface area contributed by atoms with E-state index in [1.54, 1.807) is 0 Å². The highest BCUT2D eigenvalue weighted by atomic mass is 32.2. The SMILES string of the molecule is O=C(Oc1c(F)c(F)c(S(=O)(=O)O)c(F)c1F)c1c(C2C3CC4CC(C3)C(O)C2C4)cc(C2C3CC4CC(C3)C(O)C2C4)cc1C1C2CC3CC(C2)C(O)C1C3. The van der Waals surface area contributed by atoms with E-state index in [1.807, 2.05) is 12.1 Å². The van der Waals surface area contributed by atoms with Crippen LogP contribution in [-0.2, 0) is 10.1 Å². The fourth-order valence-corrected chi connectivity index (χ4v) is 16.5. The van der Waals surface area contributed by atoms with Crippen LogP contribution in [0.4, 0.5) is 17.6 Å². The molecule has 56 heavy (non-hydrogen) atoms. The first-order valence-electron chi connectivity index (χ1n) is 20.9. The lowest BCUT2D eigenvalue weighted by Crippen LogP contribution is -2.54. The first-order valence-corrected chi connectivity index (χ1v) is 22.4. The van der Waals surface area contributed by atoms with E-state index in [0.717, 1.165) is 82.6 Å². The first kappa shape index (κ1) is 36.5. The van der Waals surface area contributed by atoms with Gasteiger partial charge < -0.3 is 20.1 Å². The number of ether oxygens (including phenoxy) is 1. The molecule has 0 radical (unpaired) electrons. The predicted molar refractivity (Wildman–Crippen MR) is 191 cm³/mol. The molecular weight excluding hydrogens is 753 g/mol. The van der Waals surface area contributed by atoms with Gasteiger partial charge in [0.2, 0.25) is 17.4 Å². The van der Waals surface area contributed by atoms with Crippen molar-refractivity contribution in [1.82, 2.24) is 0 Å². The van der Waals surface area contributed by atoms with Gasteiger partial charge in [0.25, 0.3) is 0 Å². The molecule has 12 saturated carbocycles. The Morgan fingerprint density at radius 2 is 0.929 bits per heavy atom. The van der Waals surface area contributed by atoms with Crippen LogP contribution in [0.3, 0.4) is 0 Å². The number of hydrogen-bond acceptors (Lipinski definition) is 7. The number of rotatable bonds is 6. The molecule has 0 amide bonds. The number of benzene rings is 2. The molecule has 0 heterocycles. The Hall–Kier alpha value is -2.58. The van der Waals surface area contributed by atoms with Crippen molar-refractivity contribution in [3.05, 3.63) is 57.7 Å². The largest absolute Gasteiger partial charge is 0.416 e. The zero-order valence-electron chi connectivity index (χ0n) is 30.9. The summed E-state index contributed by atoms with van der Waals surface area (Å²) in [6, 6.07) is 4.03. The Kier molecular flexibility index (Phi) is 8.13. The maximum atomic E-state index is 15.6. The maximum absolute atomic E-state index is 15.6. The molecule has 12 bridgehead atoms. The molecule has 0 aliphatic heterocycles. The van der Waals surface area contributed by atoms with E-state index in [1.165, 1.54) is 0 Å². The molecule has 4 N–H and O–H groups in total. The second kappa shape index (κ2) is 12.5. The van der Waals surface area contributed by atoms with Crippen molar-refractivity contribution in [3.8, 4) is 5.75 Å². The molecule has 18 atom stereocenters. The van der Waals surface area contributed by atoms with Gasteiger partial charge in [0.15, 0.2) is 16.5 Å². The number of aliphatic hydroxyl groups is 3. The number of carbonyl (C=O) groups excluding carboxylic acids is 1. The minimum Gasteiger partial charge on any atom is -0.416 e. The minimum absolute atomic E-state index is 0.00468. The van der Waals surface area contributed by atoms with E-state index in [2.05, 4.69) is 0 Å². The Bertz CT molecular complexity index is 2050. The van der Waals surface area contributed by atoms with Crippen LogP contribution in [0.15, 0.2) is 17.0 Å². The fourth-order valence-electron chi connectivity index (χ4n) is 15.8. The van der Waals surface area contributed by atoms with Gasteiger partial charge >= 0.3 is 16.1 Å². The van der Waals surface area contributed by atoms with Crippen molar-refractivity contribution < 1.29 is 55.4 Å².